The predicted molar refractivity (Wildman–Crippen MR) is 139 cm³/mol. The number of amides is 1. The van der Waals surface area contributed by atoms with Gasteiger partial charge in [0, 0.05) is 5.56 Å². The Labute approximate surface area is 208 Å². The van der Waals surface area contributed by atoms with Gasteiger partial charge in [-0.25, -0.2) is 9.97 Å². The Kier molecular flexibility index (Phi) is 6.52. The number of aryl methyl sites for hydroxylation is 1. The number of nitrogens with one attached hydrogen (secondary N) is 1. The first-order valence-electron chi connectivity index (χ1n) is 10.3. The number of hydrogen-bond acceptors (Lipinski definition) is 9. The second kappa shape index (κ2) is 9.88. The van der Waals surface area contributed by atoms with Crippen molar-refractivity contribution in [2.75, 3.05) is 18.2 Å². The van der Waals surface area contributed by atoms with Gasteiger partial charge in [0.15, 0.2) is 5.13 Å². The number of fused-ring (bicyclic) bond motifs is 1. The summed E-state index contributed by atoms with van der Waals surface area (Å²) in [5.41, 5.74) is 3.53. The van der Waals surface area contributed by atoms with Gasteiger partial charge in [-0.15, -0.1) is 21.5 Å². The van der Waals surface area contributed by atoms with Crippen molar-refractivity contribution in [3.63, 3.8) is 0 Å². The molecular weight excluding hydrogens is 486 g/mol. The van der Waals surface area contributed by atoms with Crippen molar-refractivity contribution >= 4 is 55.7 Å². The Morgan fingerprint density at radius 3 is 2.71 bits per heavy atom. The van der Waals surface area contributed by atoms with E-state index in [1.54, 1.807) is 18.4 Å². The molecule has 0 aliphatic carbocycles. The zero-order chi connectivity index (χ0) is 23.5. The molecule has 7 nitrogen and oxygen atoms in total. The summed E-state index contributed by atoms with van der Waals surface area (Å²) in [6.45, 7) is 1.96. The summed E-state index contributed by atoms with van der Waals surface area (Å²) in [6.07, 6.45) is 0. The number of benzene rings is 2. The number of thiazole rings is 2. The van der Waals surface area contributed by atoms with E-state index in [0.29, 0.717) is 10.2 Å². The van der Waals surface area contributed by atoms with Crippen molar-refractivity contribution in [1.82, 2.24) is 20.2 Å². The number of para-hydroxylation sites is 1. The van der Waals surface area contributed by atoms with Crippen LogP contribution in [0.4, 0.5) is 5.13 Å². The van der Waals surface area contributed by atoms with E-state index in [2.05, 4.69) is 20.5 Å². The molecule has 0 atom stereocenters. The lowest BCUT2D eigenvalue weighted by Crippen LogP contribution is -2.13. The van der Waals surface area contributed by atoms with E-state index in [0.717, 1.165) is 42.8 Å². The van der Waals surface area contributed by atoms with Gasteiger partial charge in [-0.2, -0.15) is 0 Å². The third-order valence-corrected chi connectivity index (χ3v) is 7.98. The first-order chi connectivity index (χ1) is 16.6. The highest BCUT2D eigenvalue weighted by molar-refractivity contribution is 7.99. The predicted octanol–water partition coefficient (Wildman–Crippen LogP) is 5.92. The van der Waals surface area contributed by atoms with Gasteiger partial charge in [-0.3, -0.25) is 4.79 Å². The lowest BCUT2D eigenvalue weighted by atomic mass is 10.2. The van der Waals surface area contributed by atoms with Crippen LogP contribution in [0.15, 0.2) is 65.7 Å². The fourth-order valence-corrected chi connectivity index (χ4v) is 5.78. The molecule has 3 aromatic heterocycles. The fourth-order valence-electron chi connectivity index (χ4n) is 3.25. The molecule has 5 rings (SSSR count). The number of rotatable bonds is 7. The van der Waals surface area contributed by atoms with Crippen molar-refractivity contribution in [3.05, 3.63) is 66.4 Å². The van der Waals surface area contributed by atoms with Crippen LogP contribution < -0.4 is 10.1 Å². The van der Waals surface area contributed by atoms with Gasteiger partial charge in [0.2, 0.25) is 5.91 Å². The maximum Gasteiger partial charge on any atom is 0.236 e. The van der Waals surface area contributed by atoms with Gasteiger partial charge < -0.3 is 10.1 Å². The lowest BCUT2D eigenvalue weighted by Gasteiger charge is -2.02. The molecule has 1 amide bonds. The van der Waals surface area contributed by atoms with Gasteiger partial charge in [0.1, 0.15) is 21.5 Å². The quantitative estimate of drug-likeness (QED) is 0.274. The minimum absolute atomic E-state index is 0.129. The number of nitrogens with zero attached hydrogens (tertiary/aromatic N) is 4. The number of aromatic nitrogens is 4. The van der Waals surface area contributed by atoms with Crippen LogP contribution in [-0.4, -0.2) is 38.9 Å². The summed E-state index contributed by atoms with van der Waals surface area (Å²) >= 11 is 4.36. The largest absolute Gasteiger partial charge is 0.497 e. The minimum Gasteiger partial charge on any atom is -0.497 e. The summed E-state index contributed by atoms with van der Waals surface area (Å²) in [4.78, 5) is 22.5. The smallest absolute Gasteiger partial charge is 0.236 e. The SMILES string of the molecule is COc1cccc(-c2nc(C)c(-c3ccc(SCC(=O)Nc4nc5ccccc5s4)nn3)s2)c1. The number of anilines is 1. The average Bonchev–Trinajstić information content (AvgIpc) is 3.46. The number of carbonyl (C=O) groups is 1. The maximum absolute atomic E-state index is 12.3. The van der Waals surface area contributed by atoms with Crippen LogP contribution in [0.3, 0.4) is 0 Å². The third-order valence-electron chi connectivity index (χ3n) is 4.88. The molecule has 0 aliphatic rings. The Hall–Kier alpha value is -3.34. The zero-order valence-electron chi connectivity index (χ0n) is 18.3. The molecular formula is C24H19N5O2S3. The Bertz CT molecular complexity index is 1430. The Morgan fingerprint density at radius 1 is 1.03 bits per heavy atom. The number of hydrogen-bond donors (Lipinski definition) is 1. The first kappa shape index (κ1) is 22.5. The van der Waals surface area contributed by atoms with Crippen molar-refractivity contribution < 1.29 is 9.53 Å². The number of ether oxygens (including phenoxy) is 1. The van der Waals surface area contributed by atoms with Gasteiger partial charge in [-0.05, 0) is 43.3 Å². The zero-order valence-corrected chi connectivity index (χ0v) is 20.8. The van der Waals surface area contributed by atoms with Crippen LogP contribution in [0.2, 0.25) is 0 Å². The Balaban J connectivity index is 1.23. The third kappa shape index (κ3) is 4.93. The molecule has 0 aliphatic heterocycles. The van der Waals surface area contributed by atoms with Crippen molar-refractivity contribution in [2.24, 2.45) is 0 Å². The van der Waals surface area contributed by atoms with Crippen LogP contribution in [-0.2, 0) is 4.79 Å². The average molecular weight is 506 g/mol. The first-order valence-corrected chi connectivity index (χ1v) is 12.9. The molecule has 0 radical (unpaired) electrons. The molecule has 10 heteroatoms. The summed E-state index contributed by atoms with van der Waals surface area (Å²) in [5, 5.41) is 13.7. The van der Waals surface area contributed by atoms with Gasteiger partial charge in [0.05, 0.1) is 33.7 Å². The summed E-state index contributed by atoms with van der Waals surface area (Å²) in [6, 6.07) is 19.4. The molecule has 3 heterocycles. The lowest BCUT2D eigenvalue weighted by molar-refractivity contribution is -0.113. The van der Waals surface area contributed by atoms with E-state index >= 15 is 0 Å². The van der Waals surface area contributed by atoms with E-state index in [1.807, 2.05) is 67.6 Å². The molecule has 0 saturated heterocycles. The topological polar surface area (TPSA) is 89.9 Å². The number of methoxy groups -OCH3 is 1. The van der Waals surface area contributed by atoms with E-state index in [-0.39, 0.29) is 11.7 Å². The highest BCUT2D eigenvalue weighted by atomic mass is 32.2. The van der Waals surface area contributed by atoms with Gasteiger partial charge in [-0.1, -0.05) is 47.4 Å². The second-order valence-electron chi connectivity index (χ2n) is 7.25. The highest BCUT2D eigenvalue weighted by Gasteiger charge is 2.14. The molecule has 0 spiro atoms. The normalized spacial score (nSPS) is 11.0. The molecule has 0 unspecified atom stereocenters. The van der Waals surface area contributed by atoms with Crippen LogP contribution in [0.25, 0.3) is 31.4 Å². The maximum atomic E-state index is 12.3. The van der Waals surface area contributed by atoms with Gasteiger partial charge in [0.25, 0.3) is 0 Å². The van der Waals surface area contributed by atoms with E-state index in [4.69, 9.17) is 9.72 Å². The minimum atomic E-state index is -0.129. The summed E-state index contributed by atoms with van der Waals surface area (Å²) in [7, 11) is 1.65. The molecule has 0 bridgehead atoms. The molecule has 0 fully saturated rings. The van der Waals surface area contributed by atoms with Crippen molar-refractivity contribution in [2.45, 2.75) is 11.9 Å². The Morgan fingerprint density at radius 2 is 1.91 bits per heavy atom. The van der Waals surface area contributed by atoms with E-state index in [1.165, 1.54) is 23.1 Å². The molecule has 170 valence electrons. The van der Waals surface area contributed by atoms with Crippen molar-refractivity contribution in [3.8, 4) is 26.9 Å². The molecule has 0 saturated carbocycles. The summed E-state index contributed by atoms with van der Waals surface area (Å²) in [5.74, 6) is 0.889. The van der Waals surface area contributed by atoms with E-state index in [9.17, 15) is 4.79 Å². The molecule has 1 N–H and O–H groups in total. The van der Waals surface area contributed by atoms with Crippen LogP contribution in [0, 0.1) is 6.92 Å². The molecule has 2 aromatic carbocycles. The fraction of sp³-hybridized carbons (Fsp3) is 0.125. The van der Waals surface area contributed by atoms with Gasteiger partial charge >= 0.3 is 0 Å². The van der Waals surface area contributed by atoms with Crippen molar-refractivity contribution in [1.29, 1.82) is 0 Å². The number of thioether (sulfide) groups is 1. The van der Waals surface area contributed by atoms with Crippen LogP contribution in [0.1, 0.15) is 5.69 Å². The van der Waals surface area contributed by atoms with E-state index < -0.39 is 0 Å². The van der Waals surface area contributed by atoms with Crippen LogP contribution in [0.5, 0.6) is 5.75 Å². The molecule has 34 heavy (non-hydrogen) atoms. The second-order valence-corrected chi connectivity index (χ2v) is 10.3. The van der Waals surface area contributed by atoms with Crippen LogP contribution >= 0.6 is 34.4 Å². The summed E-state index contributed by atoms with van der Waals surface area (Å²) < 4.78 is 6.36. The molecule has 5 aromatic rings. The highest BCUT2D eigenvalue weighted by Crippen LogP contribution is 2.35. The number of carbonyl (C=O) groups excluding carboxylic acids is 1. The standard InChI is InChI=1S/C24H19N5O2S3/c1-14-22(34-23(25-14)15-6-5-7-16(12-15)31-2)18-10-11-21(29-28-18)32-13-20(30)27-24-26-17-8-3-4-9-19(17)33-24/h3-12H,13H2,1-2H3,(H,26,27,30). The monoisotopic (exact) mass is 505 g/mol.